The Morgan fingerprint density at radius 2 is 1.92 bits per heavy atom. The van der Waals surface area contributed by atoms with Crippen molar-refractivity contribution in [1.29, 1.82) is 5.26 Å². The first-order valence-electron chi connectivity index (χ1n) is 8.17. The van der Waals surface area contributed by atoms with Crippen LogP contribution in [0.15, 0.2) is 42.6 Å². The molecular weight excluding hydrogens is 329 g/mol. The quantitative estimate of drug-likeness (QED) is 0.550. The molecule has 0 bridgehead atoms. The number of nitriles is 1. The predicted octanol–water partition coefficient (Wildman–Crippen LogP) is 4.05. The van der Waals surface area contributed by atoms with Gasteiger partial charge < -0.3 is 0 Å². The maximum atomic E-state index is 14.1. The summed E-state index contributed by atoms with van der Waals surface area (Å²) in [6.07, 6.45) is 1.82. The van der Waals surface area contributed by atoms with Crippen molar-refractivity contribution in [3.05, 3.63) is 65.4 Å². The van der Waals surface area contributed by atoms with Crippen molar-refractivity contribution in [1.82, 2.24) is 19.3 Å². The molecule has 128 valence electrons. The zero-order valence-corrected chi connectivity index (χ0v) is 14.7. The zero-order chi connectivity index (χ0) is 18.4. The first-order chi connectivity index (χ1) is 12.5. The van der Waals surface area contributed by atoms with Crippen LogP contribution in [0.2, 0.25) is 0 Å². The summed E-state index contributed by atoms with van der Waals surface area (Å²) in [5.74, 6) is 0.101. The number of aromatic nitrogens is 4. The van der Waals surface area contributed by atoms with E-state index < -0.39 is 5.82 Å². The van der Waals surface area contributed by atoms with E-state index in [2.05, 4.69) is 10.1 Å². The van der Waals surface area contributed by atoms with Crippen LogP contribution in [0.25, 0.3) is 28.0 Å². The largest absolute Gasteiger partial charge is 0.297 e. The van der Waals surface area contributed by atoms with E-state index in [0.717, 1.165) is 28.0 Å². The van der Waals surface area contributed by atoms with E-state index in [1.165, 1.54) is 12.1 Å². The molecule has 6 heteroatoms. The molecule has 0 radical (unpaired) electrons. The van der Waals surface area contributed by atoms with Crippen LogP contribution in [0.3, 0.4) is 0 Å². The Balaban J connectivity index is 1.94. The van der Waals surface area contributed by atoms with Gasteiger partial charge in [0.1, 0.15) is 17.7 Å². The predicted molar refractivity (Wildman–Crippen MR) is 97.4 cm³/mol. The number of fused-ring (bicyclic) bond motifs is 1. The fraction of sp³-hybridized carbons (Fsp3) is 0.150. The van der Waals surface area contributed by atoms with E-state index in [0.29, 0.717) is 11.4 Å². The van der Waals surface area contributed by atoms with Gasteiger partial charge in [0.25, 0.3) is 0 Å². The van der Waals surface area contributed by atoms with Gasteiger partial charge in [-0.1, -0.05) is 0 Å². The third-order valence-corrected chi connectivity index (χ3v) is 4.68. The molecular formula is C20H16FN5. The lowest BCUT2D eigenvalue weighted by Gasteiger charge is -2.11. The molecule has 0 N–H and O–H groups in total. The molecule has 0 fully saturated rings. The summed E-state index contributed by atoms with van der Waals surface area (Å²) < 4.78 is 17.9. The number of hydrogen-bond acceptors (Lipinski definition) is 3. The number of imidazole rings is 1. The highest BCUT2D eigenvalue weighted by atomic mass is 19.1. The molecule has 0 aliphatic rings. The molecule has 2 aromatic heterocycles. The van der Waals surface area contributed by atoms with Crippen LogP contribution in [-0.2, 0) is 7.05 Å². The lowest BCUT2D eigenvalue weighted by Crippen LogP contribution is -2.00. The summed E-state index contributed by atoms with van der Waals surface area (Å²) in [4.78, 5) is 4.63. The van der Waals surface area contributed by atoms with Crippen LogP contribution in [0.5, 0.6) is 0 Å². The maximum absolute atomic E-state index is 14.1. The summed E-state index contributed by atoms with van der Waals surface area (Å²) in [7, 11) is 1.90. The van der Waals surface area contributed by atoms with Crippen molar-refractivity contribution >= 4 is 10.9 Å². The molecule has 2 heterocycles. The number of aryl methyl sites for hydroxylation is 2. The number of rotatable bonds is 2. The molecule has 2 aromatic carbocycles. The first-order valence-corrected chi connectivity index (χ1v) is 8.17. The second-order valence-corrected chi connectivity index (χ2v) is 6.26. The van der Waals surface area contributed by atoms with Crippen molar-refractivity contribution in [3.8, 4) is 23.1 Å². The standard InChI is InChI=1S/C20H16FN5/c1-12-13(2)26(17-6-7-19-16(8-17)11-23-25(19)3)20(24-12)14-4-5-15(10-22)18(21)9-14/h4-9,11H,1-3H3. The van der Waals surface area contributed by atoms with Crippen LogP contribution >= 0.6 is 0 Å². The molecule has 0 amide bonds. The van der Waals surface area contributed by atoms with Gasteiger partial charge in [0.15, 0.2) is 0 Å². The van der Waals surface area contributed by atoms with E-state index in [4.69, 9.17) is 5.26 Å². The van der Waals surface area contributed by atoms with Crippen LogP contribution in [-0.4, -0.2) is 19.3 Å². The van der Waals surface area contributed by atoms with Crippen molar-refractivity contribution < 1.29 is 4.39 Å². The zero-order valence-electron chi connectivity index (χ0n) is 14.7. The van der Waals surface area contributed by atoms with Crippen molar-refractivity contribution in [2.75, 3.05) is 0 Å². The summed E-state index contributed by atoms with van der Waals surface area (Å²) in [6, 6.07) is 12.5. The first kappa shape index (κ1) is 16.0. The van der Waals surface area contributed by atoms with Gasteiger partial charge in [0, 0.05) is 29.4 Å². The Labute approximate surface area is 149 Å². The van der Waals surface area contributed by atoms with Crippen LogP contribution in [0.4, 0.5) is 4.39 Å². The second kappa shape index (κ2) is 5.81. The fourth-order valence-electron chi connectivity index (χ4n) is 3.15. The third-order valence-electron chi connectivity index (χ3n) is 4.68. The van der Waals surface area contributed by atoms with Gasteiger partial charge in [-0.3, -0.25) is 9.25 Å². The molecule has 0 saturated carbocycles. The third kappa shape index (κ3) is 2.37. The number of nitrogens with zero attached hydrogens (tertiary/aromatic N) is 5. The van der Waals surface area contributed by atoms with Crippen molar-refractivity contribution in [2.24, 2.45) is 7.05 Å². The number of benzene rings is 2. The Kier molecular flexibility index (Phi) is 3.58. The summed E-state index contributed by atoms with van der Waals surface area (Å²) in [5.41, 5.74) is 4.47. The minimum absolute atomic E-state index is 0.0251. The Bertz CT molecular complexity index is 1190. The van der Waals surface area contributed by atoms with E-state index in [9.17, 15) is 4.39 Å². The van der Waals surface area contributed by atoms with Crippen LogP contribution in [0.1, 0.15) is 17.0 Å². The SMILES string of the molecule is Cc1nc(-c2ccc(C#N)c(F)c2)n(-c2ccc3c(cnn3C)c2)c1C. The van der Waals surface area contributed by atoms with Gasteiger partial charge in [-0.25, -0.2) is 9.37 Å². The maximum Gasteiger partial charge on any atom is 0.145 e. The van der Waals surface area contributed by atoms with Gasteiger partial charge in [-0.15, -0.1) is 0 Å². The van der Waals surface area contributed by atoms with Gasteiger partial charge in [-0.05, 0) is 50.2 Å². The minimum Gasteiger partial charge on any atom is -0.297 e. The van der Waals surface area contributed by atoms with Crippen molar-refractivity contribution in [3.63, 3.8) is 0 Å². The molecule has 4 rings (SSSR count). The van der Waals surface area contributed by atoms with E-state index in [1.807, 2.05) is 60.6 Å². The lowest BCUT2D eigenvalue weighted by atomic mass is 10.1. The van der Waals surface area contributed by atoms with E-state index in [1.54, 1.807) is 6.07 Å². The molecule has 4 aromatic rings. The highest BCUT2D eigenvalue weighted by Crippen LogP contribution is 2.29. The van der Waals surface area contributed by atoms with Crippen molar-refractivity contribution in [2.45, 2.75) is 13.8 Å². The monoisotopic (exact) mass is 345 g/mol. The lowest BCUT2D eigenvalue weighted by molar-refractivity contribution is 0.624. The van der Waals surface area contributed by atoms with Gasteiger partial charge in [0.05, 0.1) is 23.0 Å². The highest BCUT2D eigenvalue weighted by molar-refractivity contribution is 5.81. The molecule has 26 heavy (non-hydrogen) atoms. The van der Waals surface area contributed by atoms with Crippen LogP contribution in [0, 0.1) is 31.0 Å². The smallest absolute Gasteiger partial charge is 0.145 e. The molecule has 0 spiro atoms. The number of hydrogen-bond donors (Lipinski definition) is 0. The molecule has 0 aliphatic carbocycles. The van der Waals surface area contributed by atoms with Gasteiger partial charge >= 0.3 is 0 Å². The Morgan fingerprint density at radius 3 is 2.65 bits per heavy atom. The minimum atomic E-state index is -0.544. The van der Waals surface area contributed by atoms with Crippen LogP contribution < -0.4 is 0 Å². The molecule has 0 aliphatic heterocycles. The summed E-state index contributed by atoms with van der Waals surface area (Å²) in [6.45, 7) is 3.91. The van der Waals surface area contributed by atoms with Gasteiger partial charge in [0.2, 0.25) is 0 Å². The fourth-order valence-corrected chi connectivity index (χ4v) is 3.15. The molecule has 0 saturated heterocycles. The molecule has 0 atom stereocenters. The van der Waals surface area contributed by atoms with Gasteiger partial charge in [-0.2, -0.15) is 10.4 Å². The number of halogens is 1. The average molecular weight is 345 g/mol. The topological polar surface area (TPSA) is 59.4 Å². The summed E-state index contributed by atoms with van der Waals surface area (Å²) in [5, 5.41) is 14.2. The molecule has 5 nitrogen and oxygen atoms in total. The normalized spacial score (nSPS) is 11.0. The summed E-state index contributed by atoms with van der Waals surface area (Å²) >= 11 is 0. The molecule has 0 unspecified atom stereocenters. The second-order valence-electron chi connectivity index (χ2n) is 6.26. The van der Waals surface area contributed by atoms with E-state index >= 15 is 0 Å². The highest BCUT2D eigenvalue weighted by Gasteiger charge is 2.16. The Hall–Kier alpha value is -3.46. The van der Waals surface area contributed by atoms with E-state index in [-0.39, 0.29) is 5.56 Å². The average Bonchev–Trinajstić information content (AvgIpc) is 3.15. The Morgan fingerprint density at radius 1 is 1.12 bits per heavy atom.